The maximum atomic E-state index is 6.02. The molecular formula is C13H19NO. The Kier molecular flexibility index (Phi) is 2.81. The van der Waals surface area contributed by atoms with Crippen molar-refractivity contribution in [2.24, 2.45) is 5.73 Å². The van der Waals surface area contributed by atoms with Gasteiger partial charge in [-0.25, -0.2) is 0 Å². The Morgan fingerprint density at radius 3 is 2.87 bits per heavy atom. The van der Waals surface area contributed by atoms with Crippen molar-refractivity contribution >= 4 is 0 Å². The lowest BCUT2D eigenvalue weighted by atomic mass is 9.92. The quantitative estimate of drug-likeness (QED) is 0.802. The van der Waals surface area contributed by atoms with Gasteiger partial charge in [-0.3, -0.25) is 0 Å². The molecule has 2 rings (SSSR count). The average Bonchev–Trinajstić information content (AvgIpc) is 2.15. The van der Waals surface area contributed by atoms with Gasteiger partial charge in [0, 0.05) is 5.54 Å². The predicted octanol–water partition coefficient (Wildman–Crippen LogP) is 2.04. The van der Waals surface area contributed by atoms with Crippen LogP contribution in [0.3, 0.4) is 0 Å². The molecule has 1 heterocycles. The zero-order chi connectivity index (χ0) is 10.9. The second-order valence-electron chi connectivity index (χ2n) is 5.07. The molecule has 0 radical (unpaired) electrons. The van der Waals surface area contributed by atoms with Crippen LogP contribution in [0.5, 0.6) is 0 Å². The summed E-state index contributed by atoms with van der Waals surface area (Å²) in [7, 11) is 0. The van der Waals surface area contributed by atoms with Gasteiger partial charge in [-0.15, -0.1) is 0 Å². The average molecular weight is 205 g/mol. The molecule has 0 aliphatic carbocycles. The fourth-order valence-electron chi connectivity index (χ4n) is 2.05. The largest absolute Gasteiger partial charge is 0.376 e. The zero-order valence-electron chi connectivity index (χ0n) is 9.55. The van der Waals surface area contributed by atoms with Crippen LogP contribution in [0.1, 0.15) is 30.5 Å². The monoisotopic (exact) mass is 205 g/mol. The molecule has 82 valence electrons. The summed E-state index contributed by atoms with van der Waals surface area (Å²) >= 11 is 0. The minimum Gasteiger partial charge on any atom is -0.376 e. The van der Waals surface area contributed by atoms with Gasteiger partial charge in [0.1, 0.15) is 0 Å². The van der Waals surface area contributed by atoms with Gasteiger partial charge in [0.15, 0.2) is 0 Å². The molecule has 0 bridgehead atoms. The third-order valence-corrected chi connectivity index (χ3v) is 2.70. The summed E-state index contributed by atoms with van der Waals surface area (Å²) in [4.78, 5) is 0. The van der Waals surface area contributed by atoms with Crippen molar-refractivity contribution in [3.63, 3.8) is 0 Å². The Morgan fingerprint density at radius 2 is 2.13 bits per heavy atom. The van der Waals surface area contributed by atoms with Crippen LogP contribution < -0.4 is 5.73 Å². The molecular weight excluding hydrogens is 186 g/mol. The fourth-order valence-corrected chi connectivity index (χ4v) is 2.05. The number of fused-ring (bicyclic) bond motifs is 1. The molecule has 1 aromatic rings. The maximum absolute atomic E-state index is 6.02. The van der Waals surface area contributed by atoms with E-state index in [1.807, 2.05) is 0 Å². The van der Waals surface area contributed by atoms with Crippen LogP contribution in [0, 0.1) is 0 Å². The first-order valence-electron chi connectivity index (χ1n) is 5.52. The summed E-state index contributed by atoms with van der Waals surface area (Å²) < 4.78 is 5.41. The second kappa shape index (κ2) is 3.95. The highest BCUT2D eigenvalue weighted by Gasteiger charge is 2.14. The number of ether oxygens (including phenoxy) is 1. The first kappa shape index (κ1) is 10.7. The van der Waals surface area contributed by atoms with Gasteiger partial charge in [0.25, 0.3) is 0 Å². The Balaban J connectivity index is 2.21. The molecule has 0 aromatic heterocycles. The second-order valence-corrected chi connectivity index (χ2v) is 5.07. The minimum atomic E-state index is -0.126. The van der Waals surface area contributed by atoms with E-state index in [-0.39, 0.29) is 5.54 Å². The number of rotatable bonds is 2. The van der Waals surface area contributed by atoms with Crippen molar-refractivity contribution in [3.05, 3.63) is 34.9 Å². The zero-order valence-corrected chi connectivity index (χ0v) is 9.55. The summed E-state index contributed by atoms with van der Waals surface area (Å²) in [6, 6.07) is 6.63. The molecule has 0 fully saturated rings. The van der Waals surface area contributed by atoms with Crippen molar-refractivity contribution in [2.75, 3.05) is 6.61 Å². The lowest BCUT2D eigenvalue weighted by Crippen LogP contribution is -2.34. The van der Waals surface area contributed by atoms with E-state index < -0.39 is 0 Å². The van der Waals surface area contributed by atoms with Crippen molar-refractivity contribution in [1.29, 1.82) is 0 Å². The highest BCUT2D eigenvalue weighted by atomic mass is 16.5. The molecule has 2 N–H and O–H groups in total. The van der Waals surface area contributed by atoms with Crippen LogP contribution in [0.4, 0.5) is 0 Å². The molecule has 2 heteroatoms. The SMILES string of the molecule is CC(C)(N)Cc1ccc2c(c1)CCOC2. The van der Waals surface area contributed by atoms with E-state index in [2.05, 4.69) is 32.0 Å². The van der Waals surface area contributed by atoms with Crippen molar-refractivity contribution in [1.82, 2.24) is 0 Å². The van der Waals surface area contributed by atoms with Gasteiger partial charge in [-0.1, -0.05) is 18.2 Å². The highest BCUT2D eigenvalue weighted by molar-refractivity contribution is 5.33. The third-order valence-electron chi connectivity index (χ3n) is 2.70. The smallest absolute Gasteiger partial charge is 0.0719 e. The van der Waals surface area contributed by atoms with Crippen molar-refractivity contribution in [2.45, 2.75) is 38.8 Å². The first-order valence-corrected chi connectivity index (χ1v) is 5.52. The first-order chi connectivity index (χ1) is 7.04. The molecule has 15 heavy (non-hydrogen) atoms. The molecule has 2 nitrogen and oxygen atoms in total. The van der Waals surface area contributed by atoms with Crippen LogP contribution in [0.25, 0.3) is 0 Å². The molecule has 0 atom stereocenters. The lowest BCUT2D eigenvalue weighted by Gasteiger charge is -2.21. The summed E-state index contributed by atoms with van der Waals surface area (Å²) in [6.07, 6.45) is 1.97. The number of nitrogens with two attached hydrogens (primary N) is 1. The minimum absolute atomic E-state index is 0.126. The summed E-state index contributed by atoms with van der Waals surface area (Å²) in [5.41, 5.74) is 10.00. The van der Waals surface area contributed by atoms with E-state index in [1.54, 1.807) is 0 Å². The van der Waals surface area contributed by atoms with Gasteiger partial charge in [0.2, 0.25) is 0 Å². The van der Waals surface area contributed by atoms with Gasteiger partial charge in [-0.2, -0.15) is 0 Å². The van der Waals surface area contributed by atoms with Crippen molar-refractivity contribution in [3.8, 4) is 0 Å². The summed E-state index contributed by atoms with van der Waals surface area (Å²) in [5, 5.41) is 0. The Bertz CT molecular complexity index is 352. The van der Waals surface area contributed by atoms with Gasteiger partial charge in [0.05, 0.1) is 13.2 Å². The predicted molar refractivity (Wildman–Crippen MR) is 61.8 cm³/mol. The molecule has 1 aromatic carbocycles. The van der Waals surface area contributed by atoms with Crippen LogP contribution in [-0.4, -0.2) is 12.1 Å². The summed E-state index contributed by atoms with van der Waals surface area (Å²) in [5.74, 6) is 0. The van der Waals surface area contributed by atoms with Gasteiger partial charge >= 0.3 is 0 Å². The van der Waals surface area contributed by atoms with Crippen LogP contribution >= 0.6 is 0 Å². The number of benzene rings is 1. The third kappa shape index (κ3) is 2.80. The topological polar surface area (TPSA) is 35.2 Å². The molecule has 1 aliphatic rings. The Hall–Kier alpha value is -0.860. The fraction of sp³-hybridized carbons (Fsp3) is 0.538. The van der Waals surface area contributed by atoms with Crippen LogP contribution in [0.15, 0.2) is 18.2 Å². The van der Waals surface area contributed by atoms with E-state index in [0.717, 1.165) is 26.1 Å². The van der Waals surface area contributed by atoms with E-state index in [0.29, 0.717) is 0 Å². The van der Waals surface area contributed by atoms with E-state index >= 15 is 0 Å². The number of hydrogen-bond acceptors (Lipinski definition) is 2. The molecule has 0 unspecified atom stereocenters. The van der Waals surface area contributed by atoms with Crippen LogP contribution in [-0.2, 0) is 24.2 Å². The van der Waals surface area contributed by atoms with E-state index in [4.69, 9.17) is 10.5 Å². The van der Waals surface area contributed by atoms with Crippen molar-refractivity contribution < 1.29 is 4.74 Å². The molecule has 0 amide bonds. The summed E-state index contributed by atoms with van der Waals surface area (Å²) in [6.45, 7) is 5.75. The van der Waals surface area contributed by atoms with E-state index in [9.17, 15) is 0 Å². The maximum Gasteiger partial charge on any atom is 0.0719 e. The Labute approximate surface area is 91.4 Å². The van der Waals surface area contributed by atoms with Gasteiger partial charge < -0.3 is 10.5 Å². The molecule has 0 spiro atoms. The highest BCUT2D eigenvalue weighted by Crippen LogP contribution is 2.20. The molecule has 0 saturated carbocycles. The van der Waals surface area contributed by atoms with E-state index in [1.165, 1.54) is 16.7 Å². The number of hydrogen-bond donors (Lipinski definition) is 1. The molecule has 0 saturated heterocycles. The normalized spacial score (nSPS) is 16.2. The molecule has 1 aliphatic heterocycles. The lowest BCUT2D eigenvalue weighted by molar-refractivity contribution is 0.110. The van der Waals surface area contributed by atoms with Gasteiger partial charge in [-0.05, 0) is 43.4 Å². The van der Waals surface area contributed by atoms with Crippen LogP contribution in [0.2, 0.25) is 0 Å². The standard InChI is InChI=1S/C13H19NO/c1-13(2,14)8-10-3-4-12-9-15-6-5-11(12)7-10/h3-4,7H,5-6,8-9,14H2,1-2H3. The Morgan fingerprint density at radius 1 is 1.33 bits per heavy atom.